The molecule has 17 heavy (non-hydrogen) atoms. The standard InChI is InChI=1S/C11H20N4OS/c1-13(6-3-7-16-2)9-15-11(17)14(8-12-15)10-4-5-10/h8,10H,3-7,9H2,1-2H3. The molecule has 0 aromatic carbocycles. The molecule has 1 aromatic rings. The summed E-state index contributed by atoms with van der Waals surface area (Å²) >= 11 is 5.41. The third kappa shape index (κ3) is 3.37. The lowest BCUT2D eigenvalue weighted by Gasteiger charge is -2.15. The van der Waals surface area contributed by atoms with Crippen molar-refractivity contribution >= 4 is 12.2 Å². The van der Waals surface area contributed by atoms with Crippen LogP contribution in [0.25, 0.3) is 0 Å². The summed E-state index contributed by atoms with van der Waals surface area (Å²) in [5.74, 6) is 0. The fourth-order valence-electron chi connectivity index (χ4n) is 1.83. The zero-order valence-corrected chi connectivity index (χ0v) is 11.3. The van der Waals surface area contributed by atoms with Gasteiger partial charge in [-0.25, -0.2) is 4.68 Å². The van der Waals surface area contributed by atoms with Gasteiger partial charge in [-0.3, -0.25) is 4.90 Å². The van der Waals surface area contributed by atoms with E-state index >= 15 is 0 Å². The molecule has 0 amide bonds. The normalized spacial score (nSPS) is 15.7. The zero-order valence-electron chi connectivity index (χ0n) is 10.5. The van der Waals surface area contributed by atoms with Crippen molar-refractivity contribution in [3.63, 3.8) is 0 Å². The van der Waals surface area contributed by atoms with Crippen molar-refractivity contribution in [2.45, 2.75) is 32.0 Å². The lowest BCUT2D eigenvalue weighted by molar-refractivity contribution is 0.168. The first kappa shape index (κ1) is 12.7. The number of aromatic nitrogens is 3. The van der Waals surface area contributed by atoms with E-state index in [4.69, 9.17) is 17.0 Å². The molecule has 1 aliphatic carbocycles. The van der Waals surface area contributed by atoms with Crippen molar-refractivity contribution < 1.29 is 4.74 Å². The molecular formula is C11H20N4OS. The molecule has 1 fully saturated rings. The summed E-state index contributed by atoms with van der Waals surface area (Å²) in [6.45, 7) is 2.54. The average Bonchev–Trinajstić information content (AvgIpc) is 3.07. The smallest absolute Gasteiger partial charge is 0.199 e. The molecule has 0 radical (unpaired) electrons. The van der Waals surface area contributed by atoms with Gasteiger partial charge in [0.15, 0.2) is 4.77 Å². The quantitative estimate of drug-likeness (QED) is 0.549. The Morgan fingerprint density at radius 2 is 2.35 bits per heavy atom. The van der Waals surface area contributed by atoms with E-state index in [1.807, 2.05) is 11.0 Å². The highest BCUT2D eigenvalue weighted by Crippen LogP contribution is 2.34. The summed E-state index contributed by atoms with van der Waals surface area (Å²) < 4.78 is 9.87. The predicted octanol–water partition coefficient (Wildman–Crippen LogP) is 1.67. The highest BCUT2D eigenvalue weighted by Gasteiger charge is 2.24. The zero-order chi connectivity index (χ0) is 12.3. The molecule has 1 heterocycles. The van der Waals surface area contributed by atoms with Gasteiger partial charge in [0.25, 0.3) is 0 Å². The molecule has 0 atom stereocenters. The van der Waals surface area contributed by atoms with E-state index in [0.717, 1.165) is 31.0 Å². The molecule has 0 spiro atoms. The number of hydrogen-bond acceptors (Lipinski definition) is 4. The van der Waals surface area contributed by atoms with E-state index in [1.165, 1.54) is 12.8 Å². The Balaban J connectivity index is 1.87. The maximum absolute atomic E-state index is 5.41. The van der Waals surface area contributed by atoms with Crippen LogP contribution in [-0.4, -0.2) is 46.6 Å². The lowest BCUT2D eigenvalue weighted by Crippen LogP contribution is -2.24. The minimum atomic E-state index is 0.607. The Kier molecular flexibility index (Phi) is 4.31. The topological polar surface area (TPSA) is 35.2 Å². The largest absolute Gasteiger partial charge is 0.385 e. The predicted molar refractivity (Wildman–Crippen MR) is 68.4 cm³/mol. The fraction of sp³-hybridized carbons (Fsp3) is 0.818. The Morgan fingerprint density at radius 1 is 1.59 bits per heavy atom. The first-order chi connectivity index (χ1) is 8.22. The third-order valence-electron chi connectivity index (χ3n) is 2.96. The maximum Gasteiger partial charge on any atom is 0.199 e. The van der Waals surface area contributed by atoms with Crippen LogP contribution >= 0.6 is 12.2 Å². The van der Waals surface area contributed by atoms with Crippen LogP contribution in [0.1, 0.15) is 25.3 Å². The molecule has 96 valence electrons. The van der Waals surface area contributed by atoms with E-state index < -0.39 is 0 Å². The van der Waals surface area contributed by atoms with Crippen LogP contribution in [-0.2, 0) is 11.4 Å². The maximum atomic E-state index is 5.41. The Bertz CT molecular complexity index is 410. The molecule has 1 aliphatic rings. The molecule has 2 rings (SSSR count). The molecule has 1 aromatic heterocycles. The molecule has 0 bridgehead atoms. The summed E-state index contributed by atoms with van der Waals surface area (Å²) in [5, 5.41) is 4.35. The van der Waals surface area contributed by atoms with Crippen LogP contribution in [0.5, 0.6) is 0 Å². The summed E-state index contributed by atoms with van der Waals surface area (Å²) in [7, 11) is 3.81. The van der Waals surface area contributed by atoms with E-state index in [2.05, 4.69) is 21.6 Å². The van der Waals surface area contributed by atoms with Gasteiger partial charge in [-0.15, -0.1) is 0 Å². The van der Waals surface area contributed by atoms with Crippen molar-refractivity contribution in [3.05, 3.63) is 11.1 Å². The number of rotatable bonds is 7. The first-order valence-electron chi connectivity index (χ1n) is 6.04. The number of ether oxygens (including phenoxy) is 1. The van der Waals surface area contributed by atoms with Crippen molar-refractivity contribution in [2.24, 2.45) is 0 Å². The summed E-state index contributed by atoms with van der Waals surface area (Å²) in [4.78, 5) is 2.21. The fourth-order valence-corrected chi connectivity index (χ4v) is 2.13. The van der Waals surface area contributed by atoms with Crippen LogP contribution in [0.4, 0.5) is 0 Å². The van der Waals surface area contributed by atoms with Gasteiger partial charge in [-0.2, -0.15) is 5.10 Å². The number of nitrogens with zero attached hydrogens (tertiary/aromatic N) is 4. The van der Waals surface area contributed by atoms with E-state index in [1.54, 1.807) is 7.11 Å². The lowest BCUT2D eigenvalue weighted by atomic mass is 10.4. The number of methoxy groups -OCH3 is 1. The third-order valence-corrected chi connectivity index (χ3v) is 3.38. The van der Waals surface area contributed by atoms with Crippen molar-refractivity contribution in [1.82, 2.24) is 19.2 Å². The molecule has 5 nitrogen and oxygen atoms in total. The molecule has 0 saturated heterocycles. The Morgan fingerprint density at radius 3 is 3.00 bits per heavy atom. The second-order valence-corrected chi connectivity index (χ2v) is 4.98. The van der Waals surface area contributed by atoms with E-state index in [0.29, 0.717) is 6.04 Å². The molecule has 0 aliphatic heterocycles. The van der Waals surface area contributed by atoms with Gasteiger partial charge in [-0.1, -0.05) is 0 Å². The minimum Gasteiger partial charge on any atom is -0.385 e. The van der Waals surface area contributed by atoms with Crippen LogP contribution in [0.3, 0.4) is 0 Å². The van der Waals surface area contributed by atoms with E-state index in [9.17, 15) is 0 Å². The monoisotopic (exact) mass is 256 g/mol. The second-order valence-electron chi connectivity index (χ2n) is 4.62. The molecule has 1 saturated carbocycles. The average molecular weight is 256 g/mol. The van der Waals surface area contributed by atoms with Crippen LogP contribution in [0, 0.1) is 4.77 Å². The highest BCUT2D eigenvalue weighted by atomic mass is 32.1. The summed E-state index contributed by atoms with van der Waals surface area (Å²) in [6.07, 6.45) is 5.38. The van der Waals surface area contributed by atoms with Crippen LogP contribution in [0.2, 0.25) is 0 Å². The summed E-state index contributed by atoms with van der Waals surface area (Å²) in [5.41, 5.74) is 0. The highest BCUT2D eigenvalue weighted by molar-refractivity contribution is 7.71. The van der Waals surface area contributed by atoms with Gasteiger partial charge < -0.3 is 9.30 Å². The molecule has 6 heteroatoms. The SMILES string of the molecule is COCCCN(C)Cn1ncn(C2CC2)c1=S. The molecule has 0 N–H and O–H groups in total. The van der Waals surface area contributed by atoms with Crippen molar-refractivity contribution in [2.75, 3.05) is 27.3 Å². The number of hydrogen-bond donors (Lipinski definition) is 0. The van der Waals surface area contributed by atoms with Gasteiger partial charge in [0, 0.05) is 26.3 Å². The Hall–Kier alpha value is -0.720. The Labute approximate surface area is 107 Å². The van der Waals surface area contributed by atoms with Gasteiger partial charge in [-0.05, 0) is 38.5 Å². The molecule has 0 unspecified atom stereocenters. The minimum absolute atomic E-state index is 0.607. The first-order valence-corrected chi connectivity index (χ1v) is 6.44. The van der Waals surface area contributed by atoms with Crippen molar-refractivity contribution in [3.8, 4) is 0 Å². The molecular weight excluding hydrogens is 236 g/mol. The van der Waals surface area contributed by atoms with Crippen LogP contribution in [0.15, 0.2) is 6.33 Å². The second kappa shape index (κ2) is 5.75. The van der Waals surface area contributed by atoms with Gasteiger partial charge in [0.2, 0.25) is 0 Å². The van der Waals surface area contributed by atoms with Crippen LogP contribution < -0.4 is 0 Å². The van der Waals surface area contributed by atoms with Gasteiger partial charge in [0.1, 0.15) is 6.33 Å². The van der Waals surface area contributed by atoms with Gasteiger partial charge in [0.05, 0.1) is 6.67 Å². The van der Waals surface area contributed by atoms with E-state index in [-0.39, 0.29) is 0 Å². The summed E-state index contributed by atoms with van der Waals surface area (Å²) in [6, 6.07) is 0.607. The van der Waals surface area contributed by atoms with Gasteiger partial charge >= 0.3 is 0 Å². The van der Waals surface area contributed by atoms with Crippen molar-refractivity contribution in [1.29, 1.82) is 0 Å².